The maximum atomic E-state index is 15.2. The van der Waals surface area contributed by atoms with Gasteiger partial charge in [0.05, 0.1) is 47.6 Å². The molecule has 5 rings (SSSR count). The molecule has 0 spiro atoms. The van der Waals surface area contributed by atoms with Gasteiger partial charge in [0.2, 0.25) is 11.9 Å². The quantitative estimate of drug-likeness (QED) is 0.293. The number of nitrogens with zero attached hydrogens (tertiary/aromatic N) is 4. The molecule has 1 fully saturated rings. The number of aliphatic hydroxyl groups excluding tert-OH is 1. The van der Waals surface area contributed by atoms with E-state index in [1.165, 1.54) is 11.0 Å². The van der Waals surface area contributed by atoms with Gasteiger partial charge in [0.1, 0.15) is 6.61 Å². The van der Waals surface area contributed by atoms with Crippen molar-refractivity contribution in [2.75, 3.05) is 44.8 Å². The molecule has 7 nitrogen and oxygen atoms in total. The number of pyridine rings is 1. The molecule has 4 heterocycles. The van der Waals surface area contributed by atoms with E-state index in [-0.39, 0.29) is 35.9 Å². The fraction of sp³-hybridized carbons (Fsp3) is 0.520. The fourth-order valence-electron chi connectivity index (χ4n) is 5.43. The van der Waals surface area contributed by atoms with E-state index in [0.717, 1.165) is 0 Å². The van der Waals surface area contributed by atoms with Gasteiger partial charge < -0.3 is 10.4 Å². The number of aromatic nitrogens is 3. The number of aromatic amines is 1. The molecular weight excluding hydrogens is 495 g/mol. The number of aliphatic hydroxyl groups is 1. The van der Waals surface area contributed by atoms with Gasteiger partial charge in [0, 0.05) is 25.7 Å². The van der Waals surface area contributed by atoms with Crippen LogP contribution in [0.4, 0.5) is 27.6 Å². The van der Waals surface area contributed by atoms with Gasteiger partial charge in [-0.3, -0.25) is 19.3 Å². The van der Waals surface area contributed by atoms with Crippen LogP contribution in [0.5, 0.6) is 0 Å². The van der Waals surface area contributed by atoms with Crippen LogP contribution in [-0.2, 0) is 6.42 Å². The van der Waals surface area contributed by atoms with Crippen LogP contribution in [0.25, 0.3) is 10.9 Å². The number of hydrogen-bond acceptors (Lipinski definition) is 6. The summed E-state index contributed by atoms with van der Waals surface area (Å²) in [5.41, 5.74) is 2.01. The zero-order valence-corrected chi connectivity index (χ0v) is 20.3. The van der Waals surface area contributed by atoms with E-state index in [9.17, 15) is 22.7 Å². The molecule has 0 saturated carbocycles. The number of H-pyrrole nitrogens is 1. The highest BCUT2D eigenvalue weighted by Gasteiger charge is 2.42. The van der Waals surface area contributed by atoms with Crippen LogP contribution in [0.3, 0.4) is 0 Å². The molecule has 0 amide bonds. The Morgan fingerprint density at radius 2 is 1.95 bits per heavy atom. The van der Waals surface area contributed by atoms with Gasteiger partial charge in [-0.05, 0) is 49.1 Å². The van der Waals surface area contributed by atoms with E-state index in [1.807, 2.05) is 0 Å². The standard InChI is InChI=1S/C25H29F5N6O/c1-14-9-17-16(3-4-18-21(17)24(28)34-33-18)22(36(14)12-25(29,30)13-37)19-5-6-20(23(27)32-19)31-15-10-35(11-15)8-2-7-26/h3-6,14-15,22,31,37H,2,7-13H2,1H3,(H,33,34)/t14-,22?/m1/s1. The molecule has 2 aromatic heterocycles. The average Bonchev–Trinajstić information content (AvgIpc) is 3.23. The van der Waals surface area contributed by atoms with Gasteiger partial charge in [-0.15, -0.1) is 5.10 Å². The first kappa shape index (κ1) is 25.8. The zero-order valence-electron chi connectivity index (χ0n) is 20.3. The summed E-state index contributed by atoms with van der Waals surface area (Å²) in [4.78, 5) is 7.69. The van der Waals surface area contributed by atoms with Crippen molar-refractivity contribution in [3.8, 4) is 0 Å². The molecule has 0 radical (unpaired) electrons. The van der Waals surface area contributed by atoms with Crippen LogP contribution in [-0.4, -0.2) is 87.6 Å². The SMILES string of the molecule is C[C@@H]1Cc2c(ccc3[nH]nc(F)c23)C(c2ccc(NC3CN(CCCF)C3)c(F)n2)N1CC(F)(F)CO. The molecule has 2 atom stereocenters. The van der Waals surface area contributed by atoms with Crippen LogP contribution in [0.15, 0.2) is 24.3 Å². The fourth-order valence-corrected chi connectivity index (χ4v) is 5.43. The van der Waals surface area contributed by atoms with Crippen molar-refractivity contribution < 1.29 is 27.1 Å². The van der Waals surface area contributed by atoms with Crippen molar-refractivity contribution in [3.63, 3.8) is 0 Å². The Morgan fingerprint density at radius 3 is 2.65 bits per heavy atom. The molecule has 0 aliphatic carbocycles. The molecule has 37 heavy (non-hydrogen) atoms. The molecule has 200 valence electrons. The van der Waals surface area contributed by atoms with Crippen LogP contribution in [0.1, 0.15) is 36.2 Å². The van der Waals surface area contributed by atoms with Gasteiger partial charge in [-0.25, -0.2) is 13.8 Å². The number of hydrogen-bond donors (Lipinski definition) is 3. The summed E-state index contributed by atoms with van der Waals surface area (Å²) in [6.07, 6.45) is 0.726. The number of likely N-dealkylation sites (tertiary alicyclic amines) is 1. The number of benzene rings is 1. The predicted octanol–water partition coefficient (Wildman–Crippen LogP) is 3.66. The Hall–Kier alpha value is -2.83. The second-order valence-electron chi connectivity index (χ2n) is 9.93. The van der Waals surface area contributed by atoms with E-state index in [1.54, 1.807) is 25.1 Å². The molecule has 3 aromatic rings. The minimum Gasteiger partial charge on any atom is -0.390 e. The molecule has 2 aliphatic rings. The lowest BCUT2D eigenvalue weighted by Gasteiger charge is -2.43. The second-order valence-corrected chi connectivity index (χ2v) is 9.93. The van der Waals surface area contributed by atoms with E-state index < -0.39 is 43.1 Å². The van der Waals surface area contributed by atoms with Crippen LogP contribution < -0.4 is 5.32 Å². The van der Waals surface area contributed by atoms with Crippen LogP contribution >= 0.6 is 0 Å². The Morgan fingerprint density at radius 1 is 1.16 bits per heavy atom. The lowest BCUT2D eigenvalue weighted by molar-refractivity contribution is -0.0865. The molecule has 0 bridgehead atoms. The van der Waals surface area contributed by atoms with E-state index in [4.69, 9.17) is 0 Å². The number of halogens is 5. The lowest BCUT2D eigenvalue weighted by Crippen LogP contribution is -2.55. The smallest absolute Gasteiger partial charge is 0.283 e. The van der Waals surface area contributed by atoms with Crippen molar-refractivity contribution in [2.45, 2.75) is 43.8 Å². The number of fused-ring (bicyclic) bond motifs is 3. The first-order valence-corrected chi connectivity index (χ1v) is 12.3. The molecule has 1 saturated heterocycles. The summed E-state index contributed by atoms with van der Waals surface area (Å²) in [5, 5.41) is 18.9. The molecular formula is C25H29F5N6O. The summed E-state index contributed by atoms with van der Waals surface area (Å²) < 4.78 is 70.9. The largest absolute Gasteiger partial charge is 0.390 e. The number of anilines is 1. The Balaban J connectivity index is 1.47. The molecule has 1 unspecified atom stereocenters. The molecule has 3 N–H and O–H groups in total. The average molecular weight is 525 g/mol. The van der Waals surface area contributed by atoms with Gasteiger partial charge in [0.25, 0.3) is 5.92 Å². The van der Waals surface area contributed by atoms with Gasteiger partial charge in [-0.1, -0.05) is 6.07 Å². The molecule has 2 aliphatic heterocycles. The van der Waals surface area contributed by atoms with Crippen molar-refractivity contribution in [1.82, 2.24) is 25.0 Å². The Kier molecular flexibility index (Phi) is 7.08. The lowest BCUT2D eigenvalue weighted by atomic mass is 9.84. The van der Waals surface area contributed by atoms with E-state index >= 15 is 4.39 Å². The van der Waals surface area contributed by atoms with Crippen molar-refractivity contribution in [3.05, 3.63) is 53.0 Å². The zero-order chi connectivity index (χ0) is 26.3. The highest BCUT2D eigenvalue weighted by molar-refractivity contribution is 5.84. The highest BCUT2D eigenvalue weighted by atomic mass is 19.3. The molecule has 1 aromatic carbocycles. The first-order chi connectivity index (χ1) is 17.7. The summed E-state index contributed by atoms with van der Waals surface area (Å²) in [6.45, 7) is 1.21. The topological polar surface area (TPSA) is 80.3 Å². The summed E-state index contributed by atoms with van der Waals surface area (Å²) >= 11 is 0. The van der Waals surface area contributed by atoms with Crippen molar-refractivity contribution >= 4 is 16.6 Å². The maximum Gasteiger partial charge on any atom is 0.283 e. The van der Waals surface area contributed by atoms with Crippen molar-refractivity contribution in [2.24, 2.45) is 0 Å². The first-order valence-electron chi connectivity index (χ1n) is 12.3. The maximum absolute atomic E-state index is 15.2. The second kappa shape index (κ2) is 10.1. The van der Waals surface area contributed by atoms with Crippen molar-refractivity contribution in [1.29, 1.82) is 0 Å². The number of alkyl halides is 3. The Bertz CT molecular complexity index is 1260. The van der Waals surface area contributed by atoms with E-state index in [0.29, 0.717) is 42.7 Å². The number of rotatable bonds is 9. The normalized spacial score (nSPS) is 21.3. The Labute approximate surface area is 210 Å². The van der Waals surface area contributed by atoms with E-state index in [2.05, 4.69) is 25.4 Å². The van der Waals surface area contributed by atoms with Gasteiger partial charge >= 0.3 is 0 Å². The minimum absolute atomic E-state index is 0.00529. The summed E-state index contributed by atoms with van der Waals surface area (Å²) in [7, 11) is 0. The monoisotopic (exact) mass is 524 g/mol. The summed E-state index contributed by atoms with van der Waals surface area (Å²) in [6, 6.07) is 5.04. The van der Waals surface area contributed by atoms with Gasteiger partial charge in [-0.2, -0.15) is 8.78 Å². The molecule has 12 heteroatoms. The third kappa shape index (κ3) is 5.01. The summed E-state index contributed by atoms with van der Waals surface area (Å²) in [5.74, 6) is -4.86. The third-order valence-electron chi connectivity index (χ3n) is 7.24. The number of nitrogens with one attached hydrogen (secondary N) is 2. The highest BCUT2D eigenvalue weighted by Crippen LogP contribution is 2.42. The predicted molar refractivity (Wildman–Crippen MR) is 128 cm³/mol. The third-order valence-corrected chi connectivity index (χ3v) is 7.24. The minimum atomic E-state index is -3.40. The van der Waals surface area contributed by atoms with Crippen LogP contribution in [0.2, 0.25) is 0 Å². The van der Waals surface area contributed by atoms with Crippen LogP contribution in [0, 0.1) is 11.9 Å². The van der Waals surface area contributed by atoms with Gasteiger partial charge in [0.15, 0.2) is 0 Å².